The molecule has 7 rings (SSSR count). The van der Waals surface area contributed by atoms with Gasteiger partial charge in [-0.15, -0.1) is 0 Å². The highest BCUT2D eigenvalue weighted by Gasteiger charge is 2.52. The molecule has 28 nitrogen and oxygen atoms in total. The first-order valence-electron chi connectivity index (χ1n) is 20.2. The molecule has 11 N–H and O–H groups in total. The number of aliphatic hydroxyl groups is 2. The van der Waals surface area contributed by atoms with Crippen LogP contribution in [0.3, 0.4) is 0 Å². The van der Waals surface area contributed by atoms with E-state index in [1.165, 1.54) is 42.1 Å². The van der Waals surface area contributed by atoms with Crippen LogP contribution in [0.1, 0.15) is 30.5 Å². The number of aromatic nitrogens is 6. The van der Waals surface area contributed by atoms with E-state index in [0.717, 1.165) is 23.2 Å². The number of carbonyl (C=O) groups is 3. The first-order valence-corrected chi connectivity index (χ1v) is 23.2. The van der Waals surface area contributed by atoms with Crippen LogP contribution in [0.4, 0.5) is 26.5 Å². The van der Waals surface area contributed by atoms with Crippen LogP contribution in [0, 0.1) is 5.82 Å². The van der Waals surface area contributed by atoms with Gasteiger partial charge in [0.2, 0.25) is 5.91 Å². The zero-order chi connectivity index (χ0) is 49.8. The number of esters is 1. The Bertz CT molecular complexity index is 2820. The van der Waals surface area contributed by atoms with E-state index >= 15 is 0 Å². The molecule has 2 aliphatic heterocycles. The number of ether oxygens (including phenoxy) is 4. The lowest BCUT2D eigenvalue weighted by atomic mass is 10.1. The van der Waals surface area contributed by atoms with Gasteiger partial charge >= 0.3 is 33.4 Å². The molecule has 2 aromatic carbocycles. The number of benzene rings is 2. The summed E-state index contributed by atoms with van der Waals surface area (Å²) in [4.78, 5) is 96.3. The third-order valence-corrected chi connectivity index (χ3v) is 11.8. The molecule has 0 bridgehead atoms. The van der Waals surface area contributed by atoms with E-state index in [1.807, 2.05) is 0 Å². The second-order valence-electron chi connectivity index (χ2n) is 15.2. The molecule has 10 atom stereocenters. The van der Waals surface area contributed by atoms with Gasteiger partial charge in [0.1, 0.15) is 66.6 Å². The molecule has 31 heteroatoms. The molecule has 370 valence electrons. The third kappa shape index (κ3) is 12.7. The van der Waals surface area contributed by atoms with E-state index in [-0.39, 0.29) is 41.7 Å². The SMILES string of the molecule is C[C@@H](NC(=O)OCc1ccc(NC(=O)Cc2ccc(F)cc2)cc1)C(=O)O[C@H]1[C@@H](O)[C@H](n2cnc3c(N)ncnc32)O[C@@H]1COP(=O)(O)O[C@H]1[C@@H](O)[C@H](n2ccc(N)nc2=O)O[C@@H]1COP(=O)(O)O. The normalized spacial score (nSPS) is 23.8. The second-order valence-corrected chi connectivity index (χ2v) is 17.9. The Labute approximate surface area is 387 Å². The number of amides is 2. The van der Waals surface area contributed by atoms with E-state index in [2.05, 4.69) is 35.1 Å². The van der Waals surface area contributed by atoms with Crippen LogP contribution in [0.5, 0.6) is 0 Å². The number of phosphoric acid groups is 2. The maximum Gasteiger partial charge on any atom is 0.472 e. The number of nitrogens with one attached hydrogen (secondary N) is 2. The van der Waals surface area contributed by atoms with Crippen molar-refractivity contribution in [3.05, 3.63) is 101 Å². The summed E-state index contributed by atoms with van der Waals surface area (Å²) in [6, 6.07) is 11.4. The first-order chi connectivity index (χ1) is 32.6. The van der Waals surface area contributed by atoms with Gasteiger partial charge in [-0.25, -0.2) is 42.9 Å². The highest BCUT2D eigenvalue weighted by Crippen LogP contribution is 2.50. The zero-order valence-corrected chi connectivity index (χ0v) is 37.4. The lowest BCUT2D eigenvalue weighted by Gasteiger charge is -2.25. The number of halogens is 1. The Morgan fingerprint density at radius 2 is 1.51 bits per heavy atom. The summed E-state index contributed by atoms with van der Waals surface area (Å²) < 4.78 is 77.4. The summed E-state index contributed by atoms with van der Waals surface area (Å²) in [5.74, 6) is -2.18. The number of imidazole rings is 1. The molecular formula is C38H43FN10O18P2. The van der Waals surface area contributed by atoms with Crippen molar-refractivity contribution >= 4 is 62.1 Å². The van der Waals surface area contributed by atoms with Gasteiger partial charge in [-0.1, -0.05) is 24.3 Å². The smallest absolute Gasteiger partial charge is 0.455 e. The number of nitrogens with two attached hydrogens (primary N) is 2. The Morgan fingerprint density at radius 1 is 0.870 bits per heavy atom. The minimum absolute atomic E-state index is 0.00452. The summed E-state index contributed by atoms with van der Waals surface area (Å²) in [6.45, 7) is -1.11. The molecule has 5 aromatic rings. The fourth-order valence-corrected chi connectivity index (χ4v) is 8.29. The van der Waals surface area contributed by atoms with Crippen LogP contribution in [0.25, 0.3) is 11.2 Å². The number of phosphoric ester groups is 2. The van der Waals surface area contributed by atoms with Gasteiger partial charge in [-0.2, -0.15) is 4.98 Å². The largest absolute Gasteiger partial charge is 0.472 e. The predicted molar refractivity (Wildman–Crippen MR) is 229 cm³/mol. The number of fused-ring (bicyclic) bond motifs is 1. The van der Waals surface area contributed by atoms with Crippen molar-refractivity contribution in [2.75, 3.05) is 30.0 Å². The van der Waals surface area contributed by atoms with Gasteiger partial charge in [0.15, 0.2) is 30.0 Å². The fraction of sp³-hybridized carbons (Fsp3) is 0.368. The van der Waals surface area contributed by atoms with Crippen molar-refractivity contribution in [1.82, 2.24) is 34.4 Å². The summed E-state index contributed by atoms with van der Waals surface area (Å²) in [6.07, 6.45) is -11.9. The van der Waals surface area contributed by atoms with Gasteiger partial charge in [-0.05, 0) is 48.4 Å². The number of carbonyl (C=O) groups excluding carboxylic acids is 3. The Morgan fingerprint density at radius 3 is 2.19 bits per heavy atom. The van der Waals surface area contributed by atoms with Crippen molar-refractivity contribution in [2.24, 2.45) is 0 Å². The van der Waals surface area contributed by atoms with Crippen LogP contribution in [0.15, 0.2) is 78.2 Å². The lowest BCUT2D eigenvalue weighted by Crippen LogP contribution is -2.45. The number of hydrogen-bond acceptors (Lipinski definition) is 21. The first kappa shape index (κ1) is 50.5. The van der Waals surface area contributed by atoms with Crippen molar-refractivity contribution in [3.8, 4) is 0 Å². The molecule has 0 spiro atoms. The quantitative estimate of drug-likeness (QED) is 0.0409. The van der Waals surface area contributed by atoms with Gasteiger partial charge in [-0.3, -0.25) is 27.5 Å². The Kier molecular flexibility index (Phi) is 15.5. The number of hydrogen-bond donors (Lipinski definition) is 9. The molecule has 2 fully saturated rings. The average Bonchev–Trinajstić information content (AvgIpc) is 3.95. The molecular weight excluding hydrogens is 965 g/mol. The van der Waals surface area contributed by atoms with Crippen LogP contribution < -0.4 is 27.8 Å². The molecule has 2 aliphatic rings. The topological polar surface area (TPSA) is 406 Å². The third-order valence-electron chi connectivity index (χ3n) is 10.3. The maximum atomic E-state index is 13.5. The number of rotatable bonds is 18. The number of aliphatic hydroxyl groups excluding tert-OH is 2. The minimum Gasteiger partial charge on any atom is -0.455 e. The monoisotopic (exact) mass is 1010 g/mol. The van der Waals surface area contributed by atoms with Crippen LogP contribution in [-0.2, 0) is 64.3 Å². The second kappa shape index (κ2) is 21.1. The molecule has 0 aliphatic carbocycles. The molecule has 0 radical (unpaired) electrons. The van der Waals surface area contributed by atoms with Crippen molar-refractivity contribution in [1.29, 1.82) is 0 Å². The summed E-state index contributed by atoms with van der Waals surface area (Å²) in [7, 11) is -10.6. The van der Waals surface area contributed by atoms with Crippen molar-refractivity contribution < 1.29 is 85.3 Å². The molecule has 2 amide bonds. The molecule has 3 aromatic heterocycles. The van der Waals surface area contributed by atoms with E-state index in [0.29, 0.717) is 16.8 Å². The maximum absolute atomic E-state index is 13.5. The summed E-state index contributed by atoms with van der Waals surface area (Å²) >= 11 is 0. The number of anilines is 3. The van der Waals surface area contributed by atoms with Gasteiger partial charge < -0.3 is 65.9 Å². The highest BCUT2D eigenvalue weighted by molar-refractivity contribution is 7.47. The Balaban J connectivity index is 0.997. The molecule has 2 saturated heterocycles. The van der Waals surface area contributed by atoms with Crippen LogP contribution in [-0.4, -0.2) is 128 Å². The average molecular weight is 1010 g/mol. The lowest BCUT2D eigenvalue weighted by molar-refractivity contribution is -0.158. The predicted octanol–water partition coefficient (Wildman–Crippen LogP) is -0.0773. The van der Waals surface area contributed by atoms with Gasteiger partial charge in [0, 0.05) is 11.9 Å². The van der Waals surface area contributed by atoms with E-state index in [9.17, 15) is 57.6 Å². The van der Waals surface area contributed by atoms with Crippen LogP contribution in [0.2, 0.25) is 0 Å². The standard InChI is InChI=1S/C38H43FN10O18P2/c1-18(45-38(55)61-13-20-4-8-22(9-5-20)46-26(50)12-19-2-6-21(39)7-3-19)36(53)66-30-23(64-35(28(30)51)49-17-44-27-32(41)42-16-43-33(27)49)15-63-69(59,60)67-31-24(14-62-68(56,57)58)65-34(29(31)52)48-11-10-25(40)47-37(48)54/h2-11,16-18,23-24,28-31,34-35,51-52H,12-15H2,1H3,(H,45,55)(H,46,50)(H,59,60)(H2,40,47,54)(H2,41,42,43)(H2,56,57,58)/t18-,23-,24-,28-,29-,30-,31-,34-,35-/m1/s1. The number of nitrogen functional groups attached to an aromatic ring is 2. The van der Waals surface area contributed by atoms with Crippen molar-refractivity contribution in [2.45, 2.75) is 75.1 Å². The minimum atomic E-state index is -5.45. The molecule has 1 unspecified atom stereocenters. The van der Waals surface area contributed by atoms with Gasteiger partial charge in [0.05, 0.1) is 26.0 Å². The highest BCUT2D eigenvalue weighted by atomic mass is 31.2. The Hall–Kier alpha value is -6.33. The zero-order valence-electron chi connectivity index (χ0n) is 35.6. The summed E-state index contributed by atoms with van der Waals surface area (Å²) in [5, 5.41) is 27.7. The fourth-order valence-electron chi connectivity index (χ4n) is 6.98. The van der Waals surface area contributed by atoms with E-state index in [1.54, 1.807) is 24.3 Å². The molecule has 5 heterocycles. The van der Waals surface area contributed by atoms with Gasteiger partial charge in [0.25, 0.3) is 0 Å². The number of nitrogens with zero attached hydrogens (tertiary/aromatic N) is 6. The van der Waals surface area contributed by atoms with E-state index < -0.39 is 108 Å². The molecule has 0 saturated carbocycles. The summed E-state index contributed by atoms with van der Waals surface area (Å²) in [5.41, 5.74) is 12.1. The molecule has 69 heavy (non-hydrogen) atoms. The van der Waals surface area contributed by atoms with E-state index in [4.69, 9.17) is 39.5 Å². The van der Waals surface area contributed by atoms with Crippen molar-refractivity contribution in [3.63, 3.8) is 0 Å². The van der Waals surface area contributed by atoms with Crippen LogP contribution >= 0.6 is 15.6 Å². The number of alkyl carbamates (subject to hydrolysis) is 1.